The zero-order chi connectivity index (χ0) is 13.9. The lowest BCUT2D eigenvalue weighted by Crippen LogP contribution is -2.27. The third kappa shape index (κ3) is 3.94. The number of anilines is 1. The molecule has 1 aromatic rings. The van der Waals surface area contributed by atoms with Gasteiger partial charge in [-0.2, -0.15) is 0 Å². The fourth-order valence-corrected chi connectivity index (χ4v) is 3.35. The van der Waals surface area contributed by atoms with Crippen LogP contribution in [0.5, 0.6) is 0 Å². The van der Waals surface area contributed by atoms with Crippen molar-refractivity contribution >= 4 is 15.7 Å². The Hall–Kier alpha value is -1.07. The van der Waals surface area contributed by atoms with Crippen LogP contribution in [0.4, 0.5) is 5.69 Å². The number of nitrogens with two attached hydrogens (primary N) is 1. The second kappa shape index (κ2) is 5.92. The molecule has 5 heteroatoms. The highest BCUT2D eigenvalue weighted by Gasteiger charge is 2.20. The van der Waals surface area contributed by atoms with Gasteiger partial charge in [-0.1, -0.05) is 32.3 Å². The predicted octanol–water partition coefficient (Wildman–Crippen LogP) is 2.71. The molecule has 0 bridgehead atoms. The Bertz CT molecular complexity index is 528. The molecule has 0 aliphatic heterocycles. The average Bonchev–Trinajstić information content (AvgIpc) is 2.38. The molecular weight excluding hydrogens is 260 g/mol. The van der Waals surface area contributed by atoms with Crippen LogP contribution < -0.4 is 10.5 Å². The van der Waals surface area contributed by atoms with Crippen molar-refractivity contribution in [2.75, 3.05) is 5.32 Å². The fourth-order valence-electron chi connectivity index (χ4n) is 2.79. The Labute approximate surface area is 115 Å². The van der Waals surface area contributed by atoms with E-state index in [4.69, 9.17) is 5.14 Å². The van der Waals surface area contributed by atoms with E-state index in [1.54, 1.807) is 12.1 Å². The van der Waals surface area contributed by atoms with Gasteiger partial charge in [-0.25, -0.2) is 13.6 Å². The van der Waals surface area contributed by atoms with Gasteiger partial charge in [0.15, 0.2) is 0 Å². The molecule has 1 aromatic carbocycles. The van der Waals surface area contributed by atoms with Crippen LogP contribution in [0, 0.1) is 5.92 Å². The third-order valence-electron chi connectivity index (χ3n) is 3.89. The first-order valence-electron chi connectivity index (χ1n) is 6.88. The quantitative estimate of drug-likeness (QED) is 0.892. The molecule has 0 spiro atoms. The van der Waals surface area contributed by atoms with E-state index in [0.29, 0.717) is 6.04 Å². The number of nitrogens with one attached hydrogen (secondary N) is 1. The minimum absolute atomic E-state index is 0.167. The molecule has 1 aliphatic rings. The van der Waals surface area contributed by atoms with Crippen molar-refractivity contribution in [3.8, 4) is 0 Å². The maximum absolute atomic E-state index is 11.3. The SMILES string of the molecule is CCC1CCCC(Nc2cccc(S(N)(=O)=O)c2)C1. The first-order valence-corrected chi connectivity index (χ1v) is 8.43. The molecule has 2 unspecified atom stereocenters. The number of primary sulfonamides is 1. The molecule has 4 nitrogen and oxygen atoms in total. The molecule has 2 rings (SSSR count). The second-order valence-electron chi connectivity index (χ2n) is 5.35. The summed E-state index contributed by atoms with van der Waals surface area (Å²) in [6.07, 6.45) is 6.08. The van der Waals surface area contributed by atoms with Crippen LogP contribution in [0.3, 0.4) is 0 Å². The Kier molecular flexibility index (Phi) is 4.47. The lowest BCUT2D eigenvalue weighted by molar-refractivity contribution is 0.327. The maximum atomic E-state index is 11.3. The molecule has 106 valence electrons. The maximum Gasteiger partial charge on any atom is 0.238 e. The number of hydrogen-bond donors (Lipinski definition) is 2. The molecule has 19 heavy (non-hydrogen) atoms. The van der Waals surface area contributed by atoms with Crippen molar-refractivity contribution in [1.29, 1.82) is 0 Å². The van der Waals surface area contributed by atoms with Crippen LogP contribution in [0.15, 0.2) is 29.2 Å². The van der Waals surface area contributed by atoms with Gasteiger partial charge < -0.3 is 5.32 Å². The summed E-state index contributed by atoms with van der Waals surface area (Å²) in [5, 5.41) is 8.58. The molecule has 1 saturated carbocycles. The summed E-state index contributed by atoms with van der Waals surface area (Å²) >= 11 is 0. The summed E-state index contributed by atoms with van der Waals surface area (Å²) in [6.45, 7) is 2.23. The van der Waals surface area contributed by atoms with Gasteiger partial charge in [0, 0.05) is 11.7 Å². The van der Waals surface area contributed by atoms with Gasteiger partial charge in [0.25, 0.3) is 0 Å². The standard InChI is InChI=1S/C14H22N2O2S/c1-2-11-5-3-6-12(9-11)16-13-7-4-8-14(10-13)19(15,17)18/h4,7-8,10-12,16H,2-3,5-6,9H2,1H3,(H2,15,17,18). The summed E-state index contributed by atoms with van der Waals surface area (Å²) in [4.78, 5) is 0.167. The Morgan fingerprint density at radius 3 is 2.84 bits per heavy atom. The van der Waals surface area contributed by atoms with Crippen LogP contribution in [0.2, 0.25) is 0 Å². The molecule has 0 saturated heterocycles. The van der Waals surface area contributed by atoms with E-state index in [2.05, 4.69) is 12.2 Å². The highest BCUT2D eigenvalue weighted by Crippen LogP contribution is 2.29. The second-order valence-corrected chi connectivity index (χ2v) is 6.92. The predicted molar refractivity (Wildman–Crippen MR) is 77.5 cm³/mol. The molecule has 0 heterocycles. The largest absolute Gasteiger partial charge is 0.382 e. The van der Waals surface area contributed by atoms with Gasteiger partial charge in [-0.15, -0.1) is 0 Å². The van der Waals surface area contributed by atoms with Crippen molar-refractivity contribution in [2.24, 2.45) is 11.1 Å². The highest BCUT2D eigenvalue weighted by molar-refractivity contribution is 7.89. The molecule has 2 atom stereocenters. The summed E-state index contributed by atoms with van der Waals surface area (Å²) in [6, 6.07) is 7.20. The van der Waals surface area contributed by atoms with Crippen LogP contribution >= 0.6 is 0 Å². The zero-order valence-corrected chi connectivity index (χ0v) is 12.1. The van der Waals surface area contributed by atoms with Crippen LogP contribution in [0.25, 0.3) is 0 Å². The van der Waals surface area contributed by atoms with E-state index < -0.39 is 10.0 Å². The minimum Gasteiger partial charge on any atom is -0.382 e. The van der Waals surface area contributed by atoms with Gasteiger partial charge in [0.05, 0.1) is 4.90 Å². The van der Waals surface area contributed by atoms with Crippen molar-refractivity contribution in [1.82, 2.24) is 0 Å². The van der Waals surface area contributed by atoms with Crippen molar-refractivity contribution < 1.29 is 8.42 Å². The molecule has 0 radical (unpaired) electrons. The summed E-state index contributed by atoms with van der Waals surface area (Å²) in [5.41, 5.74) is 0.841. The summed E-state index contributed by atoms with van der Waals surface area (Å²) in [5.74, 6) is 0.785. The van der Waals surface area contributed by atoms with Gasteiger partial charge >= 0.3 is 0 Å². The third-order valence-corrected chi connectivity index (χ3v) is 4.80. The average molecular weight is 282 g/mol. The molecule has 1 aliphatic carbocycles. The number of hydrogen-bond acceptors (Lipinski definition) is 3. The van der Waals surface area contributed by atoms with Gasteiger partial charge in [-0.05, 0) is 37.0 Å². The fraction of sp³-hybridized carbons (Fsp3) is 0.571. The highest BCUT2D eigenvalue weighted by atomic mass is 32.2. The number of rotatable bonds is 4. The van der Waals surface area contributed by atoms with E-state index in [1.165, 1.54) is 25.3 Å². The Morgan fingerprint density at radius 2 is 2.16 bits per heavy atom. The van der Waals surface area contributed by atoms with Gasteiger partial charge in [-0.3, -0.25) is 0 Å². The molecule has 0 amide bonds. The van der Waals surface area contributed by atoms with E-state index in [9.17, 15) is 8.42 Å². The minimum atomic E-state index is -3.62. The van der Waals surface area contributed by atoms with Crippen molar-refractivity contribution in [3.63, 3.8) is 0 Å². The first-order chi connectivity index (χ1) is 8.99. The number of sulfonamides is 1. The van der Waals surface area contributed by atoms with Crippen molar-refractivity contribution in [2.45, 2.75) is 50.0 Å². The van der Waals surface area contributed by atoms with Crippen LogP contribution in [0.1, 0.15) is 39.0 Å². The van der Waals surface area contributed by atoms with Crippen LogP contribution in [-0.4, -0.2) is 14.5 Å². The summed E-state index contributed by atoms with van der Waals surface area (Å²) in [7, 11) is -3.62. The van der Waals surface area contributed by atoms with Gasteiger partial charge in [0.1, 0.15) is 0 Å². The molecular formula is C14H22N2O2S. The summed E-state index contributed by atoms with van der Waals surface area (Å²) < 4.78 is 22.7. The Balaban J connectivity index is 2.07. The molecule has 0 aromatic heterocycles. The molecule has 3 N–H and O–H groups in total. The van der Waals surface area contributed by atoms with E-state index in [1.807, 2.05) is 6.07 Å². The van der Waals surface area contributed by atoms with Gasteiger partial charge in [0.2, 0.25) is 10.0 Å². The first kappa shape index (κ1) is 14.3. The monoisotopic (exact) mass is 282 g/mol. The topological polar surface area (TPSA) is 72.2 Å². The lowest BCUT2D eigenvalue weighted by Gasteiger charge is -2.29. The van der Waals surface area contributed by atoms with E-state index in [0.717, 1.165) is 24.4 Å². The Morgan fingerprint density at radius 1 is 1.37 bits per heavy atom. The molecule has 1 fully saturated rings. The normalized spacial score (nSPS) is 24.1. The van der Waals surface area contributed by atoms with Crippen LogP contribution in [-0.2, 0) is 10.0 Å². The zero-order valence-electron chi connectivity index (χ0n) is 11.3. The number of benzene rings is 1. The smallest absolute Gasteiger partial charge is 0.238 e. The van der Waals surface area contributed by atoms with Crippen molar-refractivity contribution in [3.05, 3.63) is 24.3 Å². The van der Waals surface area contributed by atoms with E-state index >= 15 is 0 Å². The lowest BCUT2D eigenvalue weighted by atomic mass is 9.84. The van der Waals surface area contributed by atoms with E-state index in [-0.39, 0.29) is 4.90 Å².